The van der Waals surface area contributed by atoms with Gasteiger partial charge in [0.25, 0.3) is 0 Å². The number of rotatable bonds is 6. The number of methoxy groups -OCH3 is 1. The third-order valence-electron chi connectivity index (χ3n) is 4.88. The molecule has 0 saturated carbocycles. The van der Waals surface area contributed by atoms with Crippen molar-refractivity contribution >= 4 is 11.8 Å². The maximum Gasteiger partial charge on any atom is 0.222 e. The van der Waals surface area contributed by atoms with Gasteiger partial charge in [-0.25, -0.2) is 4.98 Å². The molecule has 0 aliphatic heterocycles. The van der Waals surface area contributed by atoms with Crippen LogP contribution < -0.4 is 16.2 Å². The number of anilines is 2. The number of nitrogens with two attached hydrogens (primary N) is 2. The number of hydrogen-bond acceptors (Lipinski definition) is 5. The highest BCUT2D eigenvalue weighted by Crippen LogP contribution is 2.34. The second-order valence-electron chi connectivity index (χ2n) is 6.81. The first-order valence-electron chi connectivity index (χ1n) is 9.50. The maximum atomic E-state index is 5.94. The molecule has 0 aliphatic carbocycles. The number of aryl methyl sites for hydroxylation is 1. The summed E-state index contributed by atoms with van der Waals surface area (Å²) < 4.78 is 5.68. The molecule has 5 nitrogen and oxygen atoms in total. The second kappa shape index (κ2) is 9.27. The highest BCUT2D eigenvalue weighted by Gasteiger charge is 2.15. The average molecular weight is 367 g/mol. The summed E-state index contributed by atoms with van der Waals surface area (Å²) in [4.78, 5) is 8.13. The molecular formula is C22H30N4O. The molecule has 1 heterocycles. The summed E-state index contributed by atoms with van der Waals surface area (Å²) >= 11 is 0. The van der Waals surface area contributed by atoms with Crippen LogP contribution in [0.25, 0.3) is 0 Å². The SMILES string of the molecule is CCCC(CC)c1ccc(C(C)C#Cc2c(C)nc(N)nc2N)cc1OC. The zero-order chi connectivity index (χ0) is 20.0. The zero-order valence-electron chi connectivity index (χ0n) is 17.0. The van der Waals surface area contributed by atoms with Gasteiger partial charge in [0, 0.05) is 5.92 Å². The molecule has 0 amide bonds. The van der Waals surface area contributed by atoms with Gasteiger partial charge in [-0.05, 0) is 49.8 Å². The van der Waals surface area contributed by atoms with E-state index in [1.165, 1.54) is 5.56 Å². The summed E-state index contributed by atoms with van der Waals surface area (Å²) in [6.07, 6.45) is 3.43. The van der Waals surface area contributed by atoms with Crippen molar-refractivity contribution in [3.63, 3.8) is 0 Å². The number of nitrogen functional groups attached to an aromatic ring is 2. The maximum absolute atomic E-state index is 5.94. The topological polar surface area (TPSA) is 87.0 Å². The van der Waals surface area contributed by atoms with E-state index in [1.54, 1.807) is 7.11 Å². The van der Waals surface area contributed by atoms with Crippen LogP contribution in [0.3, 0.4) is 0 Å². The molecule has 4 N–H and O–H groups in total. The van der Waals surface area contributed by atoms with Crippen molar-refractivity contribution in [2.24, 2.45) is 0 Å². The van der Waals surface area contributed by atoms with Crippen molar-refractivity contribution in [3.8, 4) is 17.6 Å². The Morgan fingerprint density at radius 1 is 1.19 bits per heavy atom. The minimum absolute atomic E-state index is 0.0237. The van der Waals surface area contributed by atoms with E-state index >= 15 is 0 Å². The Morgan fingerprint density at radius 2 is 1.93 bits per heavy atom. The molecule has 1 aromatic heterocycles. The number of hydrogen-bond donors (Lipinski definition) is 2. The van der Waals surface area contributed by atoms with Gasteiger partial charge in [0.15, 0.2) is 0 Å². The van der Waals surface area contributed by atoms with Crippen LogP contribution in [0, 0.1) is 18.8 Å². The van der Waals surface area contributed by atoms with Gasteiger partial charge in [0.05, 0.1) is 18.4 Å². The van der Waals surface area contributed by atoms with E-state index in [9.17, 15) is 0 Å². The molecule has 2 aromatic rings. The zero-order valence-corrected chi connectivity index (χ0v) is 17.0. The van der Waals surface area contributed by atoms with E-state index in [0.717, 1.165) is 30.6 Å². The fourth-order valence-corrected chi connectivity index (χ4v) is 3.30. The van der Waals surface area contributed by atoms with Crippen LogP contribution in [-0.2, 0) is 0 Å². The largest absolute Gasteiger partial charge is 0.496 e. The van der Waals surface area contributed by atoms with Crippen molar-refractivity contribution in [1.29, 1.82) is 0 Å². The standard InChI is InChI=1S/C22H30N4O/c1-6-8-16(7-2)19-12-10-17(13-20(19)27-5)14(3)9-11-18-15(4)25-22(24)26-21(18)23/h10,12-14,16H,6-8H2,1-5H3,(H4,23,24,25,26). The average Bonchev–Trinajstić information content (AvgIpc) is 2.64. The summed E-state index contributed by atoms with van der Waals surface area (Å²) in [6.45, 7) is 8.34. The van der Waals surface area contributed by atoms with Gasteiger partial charge < -0.3 is 16.2 Å². The van der Waals surface area contributed by atoms with Gasteiger partial charge in [0.2, 0.25) is 5.95 Å². The Labute approximate surface area is 162 Å². The van der Waals surface area contributed by atoms with E-state index < -0.39 is 0 Å². The first-order valence-corrected chi connectivity index (χ1v) is 9.50. The van der Waals surface area contributed by atoms with Crippen molar-refractivity contribution in [3.05, 3.63) is 40.6 Å². The molecule has 2 unspecified atom stereocenters. The van der Waals surface area contributed by atoms with E-state index in [4.69, 9.17) is 16.2 Å². The lowest BCUT2D eigenvalue weighted by Gasteiger charge is -2.19. The number of aromatic nitrogens is 2. The van der Waals surface area contributed by atoms with Gasteiger partial charge in [-0.15, -0.1) is 0 Å². The Bertz CT molecular complexity index is 828. The van der Waals surface area contributed by atoms with Gasteiger partial charge in [0.1, 0.15) is 11.6 Å². The summed E-state index contributed by atoms with van der Waals surface area (Å²) in [5.74, 6) is 8.34. The molecular weight excluding hydrogens is 336 g/mol. The quantitative estimate of drug-likeness (QED) is 0.740. The van der Waals surface area contributed by atoms with E-state index in [-0.39, 0.29) is 11.9 Å². The van der Waals surface area contributed by atoms with Crippen LogP contribution in [0.2, 0.25) is 0 Å². The van der Waals surface area contributed by atoms with Crippen LogP contribution in [0.15, 0.2) is 18.2 Å². The fourth-order valence-electron chi connectivity index (χ4n) is 3.30. The smallest absolute Gasteiger partial charge is 0.222 e. The molecule has 2 rings (SSSR count). The highest BCUT2D eigenvalue weighted by atomic mass is 16.5. The molecule has 144 valence electrons. The van der Waals surface area contributed by atoms with Crippen LogP contribution >= 0.6 is 0 Å². The van der Waals surface area contributed by atoms with Crippen molar-refractivity contribution in [2.75, 3.05) is 18.6 Å². The molecule has 0 saturated heterocycles. The number of nitrogens with zero attached hydrogens (tertiary/aromatic N) is 2. The monoisotopic (exact) mass is 366 g/mol. The lowest BCUT2D eigenvalue weighted by Crippen LogP contribution is -2.05. The van der Waals surface area contributed by atoms with E-state index in [1.807, 2.05) is 6.92 Å². The van der Waals surface area contributed by atoms with Gasteiger partial charge in [-0.3, -0.25) is 0 Å². The molecule has 5 heteroatoms. The van der Waals surface area contributed by atoms with Crippen LogP contribution in [0.4, 0.5) is 11.8 Å². The highest BCUT2D eigenvalue weighted by molar-refractivity contribution is 5.56. The van der Waals surface area contributed by atoms with Crippen LogP contribution in [0.5, 0.6) is 5.75 Å². The van der Waals surface area contributed by atoms with E-state index in [2.05, 4.69) is 60.8 Å². The normalized spacial score (nSPS) is 12.8. The third-order valence-corrected chi connectivity index (χ3v) is 4.88. The molecule has 0 fully saturated rings. The van der Waals surface area contributed by atoms with Gasteiger partial charge >= 0.3 is 0 Å². The van der Waals surface area contributed by atoms with Crippen molar-refractivity contribution in [1.82, 2.24) is 9.97 Å². The van der Waals surface area contributed by atoms with E-state index in [0.29, 0.717) is 23.0 Å². The van der Waals surface area contributed by atoms with Gasteiger partial charge in [-0.1, -0.05) is 44.2 Å². The summed E-state index contributed by atoms with van der Waals surface area (Å²) in [6, 6.07) is 6.43. The molecule has 1 aromatic carbocycles. The summed E-state index contributed by atoms with van der Waals surface area (Å²) in [5.41, 5.74) is 15.3. The predicted molar refractivity (Wildman–Crippen MR) is 112 cm³/mol. The minimum atomic E-state index is 0.0237. The molecule has 0 bridgehead atoms. The lowest BCUT2D eigenvalue weighted by molar-refractivity contribution is 0.401. The summed E-state index contributed by atoms with van der Waals surface area (Å²) in [5, 5.41) is 0. The lowest BCUT2D eigenvalue weighted by atomic mass is 9.89. The Balaban J connectivity index is 2.32. The van der Waals surface area contributed by atoms with Crippen LogP contribution in [-0.4, -0.2) is 17.1 Å². The minimum Gasteiger partial charge on any atom is -0.496 e. The van der Waals surface area contributed by atoms with Crippen LogP contribution in [0.1, 0.15) is 74.3 Å². The molecule has 27 heavy (non-hydrogen) atoms. The molecule has 0 radical (unpaired) electrons. The van der Waals surface area contributed by atoms with Gasteiger partial charge in [-0.2, -0.15) is 4.98 Å². The number of ether oxygens (including phenoxy) is 1. The Hall–Kier alpha value is -2.74. The molecule has 0 aliphatic rings. The summed E-state index contributed by atoms with van der Waals surface area (Å²) in [7, 11) is 1.73. The third kappa shape index (κ3) is 4.91. The first-order chi connectivity index (χ1) is 12.9. The van der Waals surface area contributed by atoms with Crippen molar-refractivity contribution < 1.29 is 4.74 Å². The molecule has 2 atom stereocenters. The Kier molecular flexibility index (Phi) is 7.06. The fraction of sp³-hybridized carbons (Fsp3) is 0.455. The molecule has 0 spiro atoms. The predicted octanol–water partition coefficient (Wildman–Crippen LogP) is 4.41. The first kappa shape index (κ1) is 20.6. The second-order valence-corrected chi connectivity index (χ2v) is 6.81. The Morgan fingerprint density at radius 3 is 2.52 bits per heavy atom. The number of benzene rings is 1. The van der Waals surface area contributed by atoms with Crippen molar-refractivity contribution in [2.45, 2.75) is 58.8 Å².